The lowest BCUT2D eigenvalue weighted by molar-refractivity contribution is -0.140. The number of hydrogen-bond acceptors (Lipinski definition) is 8. The summed E-state index contributed by atoms with van der Waals surface area (Å²) in [6, 6.07) is 10.4. The Morgan fingerprint density at radius 3 is 2.38 bits per heavy atom. The number of ether oxygens (including phenoxy) is 4. The normalized spacial score (nSPS) is 18.8. The highest BCUT2D eigenvalue weighted by molar-refractivity contribution is 6.46. The quantitative estimate of drug-likeness (QED) is 0.218. The van der Waals surface area contributed by atoms with Gasteiger partial charge in [-0.1, -0.05) is 12.1 Å². The predicted octanol–water partition coefficient (Wildman–Crippen LogP) is 2.70. The summed E-state index contributed by atoms with van der Waals surface area (Å²) in [6.07, 6.45) is 0.504. The van der Waals surface area contributed by atoms with Gasteiger partial charge in [0.25, 0.3) is 11.7 Å². The molecule has 9 heteroatoms. The molecule has 0 radical (unpaired) electrons. The Bertz CT molecular complexity index is 1140. The average Bonchev–Trinajstić information content (AvgIpc) is 3.12. The number of rotatable bonds is 7. The number of ketones is 1. The fourth-order valence-corrected chi connectivity index (χ4v) is 4.10. The van der Waals surface area contributed by atoms with Gasteiger partial charge in [-0.2, -0.15) is 0 Å². The number of nitrogens with zero attached hydrogens (tertiary/aromatic N) is 1. The Morgan fingerprint density at radius 1 is 1.03 bits per heavy atom. The monoisotopic (exact) mass is 467 g/mol. The van der Waals surface area contributed by atoms with E-state index in [-0.39, 0.29) is 17.9 Å². The molecule has 178 valence electrons. The third kappa shape index (κ3) is 4.34. The molecule has 2 aliphatic rings. The molecule has 2 heterocycles. The van der Waals surface area contributed by atoms with Crippen LogP contribution in [0.15, 0.2) is 48.0 Å². The molecular weight excluding hydrogens is 442 g/mol. The van der Waals surface area contributed by atoms with Crippen LogP contribution in [-0.4, -0.2) is 68.3 Å². The summed E-state index contributed by atoms with van der Waals surface area (Å²) in [4.78, 5) is 39.3. The second-order valence-corrected chi connectivity index (χ2v) is 7.81. The van der Waals surface area contributed by atoms with Crippen LogP contribution in [0.2, 0.25) is 0 Å². The first-order valence-corrected chi connectivity index (χ1v) is 10.8. The van der Waals surface area contributed by atoms with E-state index >= 15 is 0 Å². The summed E-state index contributed by atoms with van der Waals surface area (Å²) in [6.45, 7) is 1.44. The summed E-state index contributed by atoms with van der Waals surface area (Å²) < 4.78 is 20.9. The molecule has 4 rings (SSSR count). The molecule has 1 atom stereocenters. The van der Waals surface area contributed by atoms with Crippen molar-refractivity contribution in [2.75, 3.05) is 40.6 Å². The van der Waals surface area contributed by atoms with Gasteiger partial charge in [-0.05, 0) is 42.3 Å². The number of aliphatic hydroxyl groups is 1. The maximum Gasteiger partial charge on any atom is 0.337 e. The first-order valence-electron chi connectivity index (χ1n) is 10.8. The van der Waals surface area contributed by atoms with Crippen LogP contribution >= 0.6 is 0 Å². The van der Waals surface area contributed by atoms with Crippen LogP contribution in [0.4, 0.5) is 0 Å². The zero-order valence-corrected chi connectivity index (χ0v) is 18.9. The summed E-state index contributed by atoms with van der Waals surface area (Å²) in [5, 5.41) is 11.2. The minimum absolute atomic E-state index is 0.0371. The van der Waals surface area contributed by atoms with Crippen molar-refractivity contribution in [1.82, 2.24) is 4.90 Å². The van der Waals surface area contributed by atoms with Gasteiger partial charge in [0, 0.05) is 25.8 Å². The average molecular weight is 467 g/mol. The number of amides is 1. The highest BCUT2D eigenvalue weighted by Gasteiger charge is 2.45. The van der Waals surface area contributed by atoms with E-state index in [1.165, 1.54) is 12.0 Å². The van der Waals surface area contributed by atoms with E-state index in [0.29, 0.717) is 54.4 Å². The number of likely N-dealkylation sites (tertiary alicyclic amines) is 1. The molecular formula is C25H25NO8. The first kappa shape index (κ1) is 23.3. The van der Waals surface area contributed by atoms with Crippen molar-refractivity contribution in [1.29, 1.82) is 0 Å². The summed E-state index contributed by atoms with van der Waals surface area (Å²) in [7, 11) is 2.84. The minimum atomic E-state index is -0.836. The number of benzene rings is 2. The fourth-order valence-electron chi connectivity index (χ4n) is 4.10. The van der Waals surface area contributed by atoms with Crippen LogP contribution < -0.4 is 9.47 Å². The van der Waals surface area contributed by atoms with Gasteiger partial charge in [-0.3, -0.25) is 9.59 Å². The largest absolute Gasteiger partial charge is 0.507 e. The SMILES string of the molecule is COCCCN1C(=O)C(=O)/C(=C(\O)c2ccc3c(c2)OCCO3)[C@@H]1c1ccc(C(=O)OC)cc1. The third-order valence-corrected chi connectivity index (χ3v) is 5.75. The Kier molecular flexibility index (Phi) is 6.83. The van der Waals surface area contributed by atoms with Gasteiger partial charge >= 0.3 is 5.97 Å². The van der Waals surface area contributed by atoms with Crippen molar-refractivity contribution in [2.45, 2.75) is 12.5 Å². The van der Waals surface area contributed by atoms with E-state index in [1.807, 2.05) is 0 Å². The predicted molar refractivity (Wildman–Crippen MR) is 121 cm³/mol. The van der Waals surface area contributed by atoms with Crippen molar-refractivity contribution in [3.63, 3.8) is 0 Å². The lowest BCUT2D eigenvalue weighted by Crippen LogP contribution is -2.31. The Labute approximate surface area is 196 Å². The number of fused-ring (bicyclic) bond motifs is 1. The Balaban J connectivity index is 1.79. The minimum Gasteiger partial charge on any atom is -0.507 e. The third-order valence-electron chi connectivity index (χ3n) is 5.75. The molecule has 0 aromatic heterocycles. The van der Waals surface area contributed by atoms with Crippen LogP contribution in [0, 0.1) is 0 Å². The van der Waals surface area contributed by atoms with Gasteiger partial charge < -0.3 is 29.0 Å². The second kappa shape index (κ2) is 9.96. The lowest BCUT2D eigenvalue weighted by Gasteiger charge is -2.25. The van der Waals surface area contributed by atoms with Crippen molar-refractivity contribution < 1.29 is 38.4 Å². The molecule has 2 aromatic rings. The molecule has 2 aromatic carbocycles. The zero-order valence-electron chi connectivity index (χ0n) is 18.9. The number of methoxy groups -OCH3 is 2. The number of carbonyl (C=O) groups is 3. The molecule has 1 N–H and O–H groups in total. The first-order chi connectivity index (χ1) is 16.5. The molecule has 1 saturated heterocycles. The molecule has 0 spiro atoms. The standard InChI is InChI=1S/C25H25NO8/c1-31-11-3-10-26-21(15-4-6-16(7-5-15)25(30)32-2)20(23(28)24(26)29)22(27)17-8-9-18-19(14-17)34-13-12-33-18/h4-9,14,21,27H,3,10-13H2,1-2H3/b22-20-/t21-/m0/s1. The van der Waals surface area contributed by atoms with Crippen LogP contribution in [-0.2, 0) is 19.1 Å². The molecule has 34 heavy (non-hydrogen) atoms. The van der Waals surface area contributed by atoms with Crippen LogP contribution in [0.1, 0.15) is 33.9 Å². The summed E-state index contributed by atoms with van der Waals surface area (Å²) in [5.41, 5.74) is 1.19. The van der Waals surface area contributed by atoms with Crippen molar-refractivity contribution >= 4 is 23.4 Å². The molecule has 1 amide bonds. The van der Waals surface area contributed by atoms with Gasteiger partial charge in [-0.15, -0.1) is 0 Å². The van der Waals surface area contributed by atoms with Crippen molar-refractivity contribution in [3.8, 4) is 11.5 Å². The molecule has 0 saturated carbocycles. The van der Waals surface area contributed by atoms with Crippen LogP contribution in [0.3, 0.4) is 0 Å². The molecule has 2 aliphatic heterocycles. The van der Waals surface area contributed by atoms with Crippen LogP contribution in [0.5, 0.6) is 11.5 Å². The molecule has 0 unspecified atom stereocenters. The van der Waals surface area contributed by atoms with Crippen molar-refractivity contribution in [3.05, 3.63) is 64.7 Å². The lowest BCUT2D eigenvalue weighted by atomic mass is 9.94. The van der Waals surface area contributed by atoms with Crippen LogP contribution in [0.25, 0.3) is 5.76 Å². The Hall–Kier alpha value is -3.85. The molecule has 1 fully saturated rings. The van der Waals surface area contributed by atoms with E-state index in [0.717, 1.165) is 0 Å². The second-order valence-electron chi connectivity index (χ2n) is 7.81. The smallest absolute Gasteiger partial charge is 0.337 e. The van der Waals surface area contributed by atoms with E-state index in [9.17, 15) is 19.5 Å². The van der Waals surface area contributed by atoms with Crippen molar-refractivity contribution in [2.24, 2.45) is 0 Å². The number of hydrogen-bond donors (Lipinski definition) is 1. The van der Waals surface area contributed by atoms with Gasteiger partial charge in [0.1, 0.15) is 19.0 Å². The zero-order chi connectivity index (χ0) is 24.2. The van der Waals surface area contributed by atoms with E-state index < -0.39 is 23.7 Å². The van der Waals surface area contributed by atoms with Gasteiger partial charge in [0.2, 0.25) is 0 Å². The van der Waals surface area contributed by atoms with Gasteiger partial charge in [0.15, 0.2) is 11.5 Å². The number of Topliss-reactive ketones (excluding diaryl/α,β-unsaturated/α-hetero) is 1. The maximum atomic E-state index is 13.1. The highest BCUT2D eigenvalue weighted by Crippen LogP contribution is 2.41. The molecule has 0 bridgehead atoms. The number of carbonyl (C=O) groups excluding carboxylic acids is 3. The Morgan fingerprint density at radius 2 is 1.71 bits per heavy atom. The highest BCUT2D eigenvalue weighted by atomic mass is 16.6. The fraction of sp³-hybridized carbons (Fsp3) is 0.320. The molecule has 0 aliphatic carbocycles. The van der Waals surface area contributed by atoms with E-state index in [4.69, 9.17) is 18.9 Å². The van der Waals surface area contributed by atoms with Gasteiger partial charge in [-0.25, -0.2) is 4.79 Å². The molecule has 9 nitrogen and oxygen atoms in total. The maximum absolute atomic E-state index is 13.1. The van der Waals surface area contributed by atoms with E-state index in [1.54, 1.807) is 49.6 Å². The number of aliphatic hydroxyl groups excluding tert-OH is 1. The number of esters is 1. The topological polar surface area (TPSA) is 112 Å². The van der Waals surface area contributed by atoms with E-state index in [2.05, 4.69) is 0 Å². The summed E-state index contributed by atoms with van der Waals surface area (Å²) in [5.74, 6) is -1.32. The summed E-state index contributed by atoms with van der Waals surface area (Å²) >= 11 is 0. The van der Waals surface area contributed by atoms with Gasteiger partial charge in [0.05, 0.1) is 24.3 Å².